The number of esters is 1. The van der Waals surface area contributed by atoms with Gasteiger partial charge in [0.2, 0.25) is 0 Å². The summed E-state index contributed by atoms with van der Waals surface area (Å²) in [5.74, 6) is 1.54. The number of aliphatic hydroxyl groups is 1. The summed E-state index contributed by atoms with van der Waals surface area (Å²) in [6.45, 7) is 3.98. The van der Waals surface area contributed by atoms with Crippen LogP contribution < -0.4 is 0 Å². The maximum atomic E-state index is 11.7. The first-order valence-corrected chi connectivity index (χ1v) is 9.63. The summed E-state index contributed by atoms with van der Waals surface area (Å²) in [6.07, 6.45) is 4.29. The highest BCUT2D eigenvalue weighted by molar-refractivity contribution is 5.69. The number of carbonyl (C=O) groups is 1. The van der Waals surface area contributed by atoms with E-state index in [2.05, 4.69) is 13.0 Å². The van der Waals surface area contributed by atoms with Gasteiger partial charge in [-0.25, -0.2) is 0 Å². The third kappa shape index (κ3) is 2.57. The van der Waals surface area contributed by atoms with Crippen LogP contribution in [0.5, 0.6) is 5.75 Å². The van der Waals surface area contributed by atoms with E-state index in [9.17, 15) is 15.0 Å². The molecule has 4 rings (SSSR count). The van der Waals surface area contributed by atoms with Crippen molar-refractivity contribution in [1.82, 2.24) is 0 Å². The van der Waals surface area contributed by atoms with Crippen molar-refractivity contribution in [2.75, 3.05) is 0 Å². The second-order valence-corrected chi connectivity index (χ2v) is 8.41. The number of aromatic hydroxyl groups is 1. The highest BCUT2D eigenvalue weighted by Crippen LogP contribution is 2.61. The van der Waals surface area contributed by atoms with Crippen LogP contribution >= 0.6 is 0 Å². The minimum atomic E-state index is -0.560. The largest absolute Gasteiger partial charge is 0.508 e. The van der Waals surface area contributed by atoms with Crippen molar-refractivity contribution in [3.05, 3.63) is 29.3 Å². The van der Waals surface area contributed by atoms with Gasteiger partial charge in [-0.2, -0.15) is 0 Å². The molecule has 4 nitrogen and oxygen atoms in total. The molecule has 0 amide bonds. The third-order valence-electron chi connectivity index (χ3n) is 7.23. The SMILES string of the molecule is CCC(=O)O[C@@H]1CC2C3CCc4cc(O)ccc4C3CC[C@]2(C)[C@H]1O. The molecule has 0 spiro atoms. The molecular weight excluding hydrogens is 316 g/mol. The van der Waals surface area contributed by atoms with E-state index in [0.717, 1.165) is 32.1 Å². The van der Waals surface area contributed by atoms with Crippen molar-refractivity contribution < 1.29 is 19.7 Å². The Morgan fingerprint density at radius 2 is 2.16 bits per heavy atom. The second kappa shape index (κ2) is 6.01. The first-order valence-electron chi connectivity index (χ1n) is 9.63. The Hall–Kier alpha value is -1.55. The topological polar surface area (TPSA) is 66.8 Å². The molecule has 4 heteroatoms. The summed E-state index contributed by atoms with van der Waals surface area (Å²) >= 11 is 0. The molecule has 0 bridgehead atoms. The van der Waals surface area contributed by atoms with Crippen LogP contribution in [0.1, 0.15) is 63.0 Å². The number of carbonyl (C=O) groups excluding carboxylic acids is 1. The molecule has 3 aliphatic carbocycles. The number of fused-ring (bicyclic) bond motifs is 5. The highest BCUT2D eigenvalue weighted by Gasteiger charge is 2.59. The lowest BCUT2D eigenvalue weighted by atomic mass is 9.55. The second-order valence-electron chi connectivity index (χ2n) is 8.41. The fourth-order valence-corrected chi connectivity index (χ4v) is 5.90. The number of rotatable bonds is 2. The van der Waals surface area contributed by atoms with Crippen LogP contribution in [0.25, 0.3) is 0 Å². The zero-order valence-electron chi connectivity index (χ0n) is 15.1. The predicted octanol–water partition coefficient (Wildman–Crippen LogP) is 3.54. The lowest BCUT2D eigenvalue weighted by Crippen LogP contribution is -2.45. The van der Waals surface area contributed by atoms with Crippen molar-refractivity contribution in [1.29, 1.82) is 0 Å². The summed E-state index contributed by atoms with van der Waals surface area (Å²) in [6, 6.07) is 5.79. The summed E-state index contributed by atoms with van der Waals surface area (Å²) in [5.41, 5.74) is 2.49. The number of hydrogen-bond donors (Lipinski definition) is 2. The molecule has 2 N–H and O–H groups in total. The minimum absolute atomic E-state index is 0.158. The average Bonchev–Trinajstić information content (AvgIpc) is 2.85. The Bertz CT molecular complexity index is 684. The lowest BCUT2D eigenvalue weighted by molar-refractivity contribution is -0.155. The van der Waals surface area contributed by atoms with Crippen molar-refractivity contribution >= 4 is 5.97 Å². The third-order valence-corrected chi connectivity index (χ3v) is 7.23. The van der Waals surface area contributed by atoms with Crippen molar-refractivity contribution in [2.45, 2.75) is 70.5 Å². The van der Waals surface area contributed by atoms with E-state index in [1.807, 2.05) is 6.07 Å². The number of aryl methyl sites for hydroxylation is 1. The molecule has 1 aromatic carbocycles. The van der Waals surface area contributed by atoms with Gasteiger partial charge in [0.25, 0.3) is 0 Å². The van der Waals surface area contributed by atoms with Crippen LogP contribution in [0.4, 0.5) is 0 Å². The standard InChI is InChI=1S/C21H28O4/c1-3-19(23)25-18-11-17-16-6-4-12-10-13(22)5-7-14(12)15(16)8-9-21(17,2)20(18)24/h5,7,10,15-18,20,22,24H,3-4,6,8-9,11H2,1-2H3/t15?,16?,17?,18-,20+,21+/m1/s1. The van der Waals surface area contributed by atoms with Crippen LogP contribution in [-0.2, 0) is 16.0 Å². The van der Waals surface area contributed by atoms with Gasteiger partial charge in [0.1, 0.15) is 11.9 Å². The van der Waals surface area contributed by atoms with Gasteiger partial charge >= 0.3 is 5.97 Å². The Kier molecular flexibility index (Phi) is 4.06. The van der Waals surface area contributed by atoms with Crippen LogP contribution in [0.3, 0.4) is 0 Å². The molecule has 0 saturated heterocycles. The van der Waals surface area contributed by atoms with Crippen LogP contribution in [0.2, 0.25) is 0 Å². The fourth-order valence-electron chi connectivity index (χ4n) is 5.90. The smallest absolute Gasteiger partial charge is 0.305 e. The van der Waals surface area contributed by atoms with Gasteiger partial charge < -0.3 is 14.9 Å². The van der Waals surface area contributed by atoms with Crippen molar-refractivity contribution in [3.63, 3.8) is 0 Å². The highest BCUT2D eigenvalue weighted by atomic mass is 16.6. The summed E-state index contributed by atoms with van der Waals surface area (Å²) in [7, 11) is 0. The Balaban J connectivity index is 1.62. The molecule has 0 heterocycles. The minimum Gasteiger partial charge on any atom is -0.508 e. The van der Waals surface area contributed by atoms with Crippen molar-refractivity contribution in [3.8, 4) is 5.75 Å². The quantitative estimate of drug-likeness (QED) is 0.805. The number of hydrogen-bond acceptors (Lipinski definition) is 4. The molecule has 25 heavy (non-hydrogen) atoms. The summed E-state index contributed by atoms with van der Waals surface area (Å²) in [5, 5.41) is 20.7. The van der Waals surface area contributed by atoms with E-state index in [1.165, 1.54) is 11.1 Å². The maximum absolute atomic E-state index is 11.7. The zero-order chi connectivity index (χ0) is 17.8. The van der Waals surface area contributed by atoms with Crippen LogP contribution in [0.15, 0.2) is 18.2 Å². The molecule has 3 unspecified atom stereocenters. The van der Waals surface area contributed by atoms with Crippen LogP contribution in [0, 0.1) is 17.3 Å². The van der Waals surface area contributed by atoms with Gasteiger partial charge in [-0.15, -0.1) is 0 Å². The molecule has 2 fully saturated rings. The average molecular weight is 344 g/mol. The Morgan fingerprint density at radius 1 is 1.36 bits per heavy atom. The Morgan fingerprint density at radius 3 is 2.92 bits per heavy atom. The summed E-state index contributed by atoms with van der Waals surface area (Å²) in [4.78, 5) is 11.7. The van der Waals surface area contributed by atoms with Crippen molar-refractivity contribution in [2.24, 2.45) is 17.3 Å². The zero-order valence-corrected chi connectivity index (χ0v) is 15.1. The number of benzene rings is 1. The molecule has 6 atom stereocenters. The molecule has 0 aromatic heterocycles. The van der Waals surface area contributed by atoms with E-state index in [-0.39, 0.29) is 17.5 Å². The van der Waals surface area contributed by atoms with E-state index in [0.29, 0.717) is 29.9 Å². The molecule has 2 saturated carbocycles. The van der Waals surface area contributed by atoms with Crippen LogP contribution in [-0.4, -0.2) is 28.4 Å². The molecule has 3 aliphatic rings. The van der Waals surface area contributed by atoms with Gasteiger partial charge in [-0.05, 0) is 73.1 Å². The molecule has 1 aromatic rings. The molecule has 0 radical (unpaired) electrons. The number of ether oxygens (including phenoxy) is 1. The Labute approximate surface area is 149 Å². The van der Waals surface area contributed by atoms with Gasteiger partial charge in [0, 0.05) is 11.8 Å². The van der Waals surface area contributed by atoms with Gasteiger partial charge in [0.05, 0.1) is 6.10 Å². The molecular formula is C21H28O4. The number of aliphatic hydroxyl groups excluding tert-OH is 1. The number of phenolic OH excluding ortho intramolecular Hbond substituents is 1. The number of phenols is 1. The van der Waals surface area contributed by atoms with E-state index >= 15 is 0 Å². The fraction of sp³-hybridized carbons (Fsp3) is 0.667. The first kappa shape index (κ1) is 16.9. The van der Waals surface area contributed by atoms with E-state index in [4.69, 9.17) is 4.74 Å². The van der Waals surface area contributed by atoms with Gasteiger partial charge in [-0.3, -0.25) is 4.79 Å². The molecule has 0 aliphatic heterocycles. The predicted molar refractivity (Wildman–Crippen MR) is 94.3 cm³/mol. The monoisotopic (exact) mass is 344 g/mol. The van der Waals surface area contributed by atoms with Gasteiger partial charge in [0.15, 0.2) is 0 Å². The van der Waals surface area contributed by atoms with E-state index < -0.39 is 6.10 Å². The lowest BCUT2D eigenvalue weighted by Gasteiger charge is -2.49. The molecule has 136 valence electrons. The van der Waals surface area contributed by atoms with Gasteiger partial charge in [-0.1, -0.05) is 19.9 Å². The van der Waals surface area contributed by atoms with E-state index in [1.54, 1.807) is 13.0 Å². The summed E-state index contributed by atoms with van der Waals surface area (Å²) < 4.78 is 5.57. The maximum Gasteiger partial charge on any atom is 0.305 e. The first-order chi connectivity index (χ1) is 11.9. The normalized spacial score (nSPS) is 39.2.